The van der Waals surface area contributed by atoms with E-state index in [0.29, 0.717) is 6.54 Å². The van der Waals surface area contributed by atoms with E-state index in [1.165, 1.54) is 21.6 Å². The minimum absolute atomic E-state index is 0.265. The van der Waals surface area contributed by atoms with Gasteiger partial charge in [-0.15, -0.1) is 11.3 Å². The van der Waals surface area contributed by atoms with Crippen molar-refractivity contribution in [2.45, 2.75) is 19.5 Å². The van der Waals surface area contributed by atoms with E-state index >= 15 is 0 Å². The first-order valence-corrected chi connectivity index (χ1v) is 6.64. The highest BCUT2D eigenvalue weighted by molar-refractivity contribution is 7.10. The van der Waals surface area contributed by atoms with Crippen LogP contribution in [0.25, 0.3) is 0 Å². The molecule has 17 heavy (non-hydrogen) atoms. The Kier molecular flexibility index (Phi) is 3.94. The minimum atomic E-state index is 0.265. The average Bonchev–Trinajstić information content (AvgIpc) is 2.77. The number of aryl methyl sites for hydroxylation is 1. The summed E-state index contributed by atoms with van der Waals surface area (Å²) in [5.41, 5.74) is 9.49. The summed E-state index contributed by atoms with van der Waals surface area (Å²) in [6.07, 6.45) is 0. The second-order valence-electron chi connectivity index (χ2n) is 4.14. The fourth-order valence-corrected chi connectivity index (χ4v) is 3.09. The molecule has 0 bridgehead atoms. The van der Waals surface area contributed by atoms with Gasteiger partial charge in [0.15, 0.2) is 0 Å². The van der Waals surface area contributed by atoms with Crippen molar-refractivity contribution in [1.29, 1.82) is 0 Å². The van der Waals surface area contributed by atoms with Gasteiger partial charge >= 0.3 is 0 Å². The number of hydrogen-bond donors (Lipinski definition) is 2. The van der Waals surface area contributed by atoms with Crippen LogP contribution in [0.3, 0.4) is 0 Å². The van der Waals surface area contributed by atoms with Crippen LogP contribution in [0.1, 0.15) is 27.6 Å². The molecule has 3 N–H and O–H groups in total. The number of thiophene rings is 1. The average molecular weight is 246 g/mol. The van der Waals surface area contributed by atoms with Crippen molar-refractivity contribution in [1.82, 2.24) is 5.32 Å². The molecule has 1 atom stereocenters. The highest BCUT2D eigenvalue weighted by atomic mass is 32.1. The van der Waals surface area contributed by atoms with Gasteiger partial charge in [-0.1, -0.05) is 24.3 Å². The molecule has 3 heteroatoms. The lowest BCUT2D eigenvalue weighted by Crippen LogP contribution is -2.17. The summed E-state index contributed by atoms with van der Waals surface area (Å²) in [6.45, 7) is 2.75. The lowest BCUT2D eigenvalue weighted by molar-refractivity contribution is 0.699. The van der Waals surface area contributed by atoms with Crippen LogP contribution in [-0.4, -0.2) is 7.05 Å². The van der Waals surface area contributed by atoms with E-state index < -0.39 is 0 Å². The fourth-order valence-electron chi connectivity index (χ4n) is 2.03. The van der Waals surface area contributed by atoms with Gasteiger partial charge in [0.05, 0.1) is 6.04 Å². The Hall–Kier alpha value is -1.16. The summed E-state index contributed by atoms with van der Waals surface area (Å²) in [7, 11) is 2.00. The van der Waals surface area contributed by atoms with Gasteiger partial charge in [-0.3, -0.25) is 0 Å². The van der Waals surface area contributed by atoms with Crippen molar-refractivity contribution in [3.05, 3.63) is 57.3 Å². The number of hydrogen-bond acceptors (Lipinski definition) is 3. The Balaban J connectivity index is 2.38. The molecule has 0 radical (unpaired) electrons. The normalized spacial score (nSPS) is 12.6. The zero-order chi connectivity index (χ0) is 12.3. The molecule has 1 aromatic heterocycles. The smallest absolute Gasteiger partial charge is 0.0671 e. The molecule has 0 aliphatic heterocycles. The second-order valence-corrected chi connectivity index (χ2v) is 5.09. The molecule has 1 unspecified atom stereocenters. The van der Waals surface area contributed by atoms with Gasteiger partial charge in [0, 0.05) is 11.4 Å². The zero-order valence-corrected chi connectivity index (χ0v) is 11.1. The molecule has 0 amide bonds. The molecular formula is C14H18N2S. The van der Waals surface area contributed by atoms with E-state index in [9.17, 15) is 0 Å². The molecule has 1 heterocycles. The predicted octanol–water partition coefficient (Wildman–Crippen LogP) is 2.82. The summed E-state index contributed by atoms with van der Waals surface area (Å²) in [5, 5.41) is 5.52. The number of nitrogens with one attached hydrogen (secondary N) is 1. The van der Waals surface area contributed by atoms with Crippen molar-refractivity contribution < 1.29 is 0 Å². The second kappa shape index (κ2) is 5.45. The van der Waals surface area contributed by atoms with Crippen LogP contribution in [0, 0.1) is 6.92 Å². The summed E-state index contributed by atoms with van der Waals surface area (Å²) in [6, 6.07) is 10.9. The molecule has 0 spiro atoms. The van der Waals surface area contributed by atoms with Gasteiger partial charge in [0.2, 0.25) is 0 Å². The first-order chi connectivity index (χ1) is 8.26. The van der Waals surface area contributed by atoms with E-state index in [1.54, 1.807) is 11.3 Å². The van der Waals surface area contributed by atoms with Gasteiger partial charge in [0.25, 0.3) is 0 Å². The van der Waals surface area contributed by atoms with E-state index in [4.69, 9.17) is 5.73 Å². The summed E-state index contributed by atoms with van der Waals surface area (Å²) >= 11 is 1.80. The van der Waals surface area contributed by atoms with E-state index in [-0.39, 0.29) is 6.04 Å². The standard InChI is InChI=1S/C14H18N2S/c1-10-6-7-17-14(10)13(16-2)12-5-3-4-11(8-12)9-15/h3-8,13,16H,9,15H2,1-2H3. The molecule has 90 valence electrons. The molecule has 2 rings (SSSR count). The van der Waals surface area contributed by atoms with Crippen molar-refractivity contribution in [2.75, 3.05) is 7.05 Å². The van der Waals surface area contributed by atoms with Crippen molar-refractivity contribution >= 4 is 11.3 Å². The molecule has 0 fully saturated rings. The molecule has 0 saturated heterocycles. The van der Waals surface area contributed by atoms with Gasteiger partial charge in [-0.25, -0.2) is 0 Å². The maximum Gasteiger partial charge on any atom is 0.0671 e. The largest absolute Gasteiger partial charge is 0.326 e. The van der Waals surface area contributed by atoms with Gasteiger partial charge in [-0.2, -0.15) is 0 Å². The van der Waals surface area contributed by atoms with Crippen molar-refractivity contribution in [2.24, 2.45) is 5.73 Å². The predicted molar refractivity (Wildman–Crippen MR) is 74.3 cm³/mol. The van der Waals surface area contributed by atoms with E-state index in [0.717, 1.165) is 0 Å². The maximum atomic E-state index is 5.69. The van der Waals surface area contributed by atoms with Gasteiger partial charge < -0.3 is 11.1 Å². The van der Waals surface area contributed by atoms with Gasteiger partial charge in [-0.05, 0) is 42.1 Å². The zero-order valence-electron chi connectivity index (χ0n) is 10.2. The maximum absolute atomic E-state index is 5.69. The molecule has 1 aromatic carbocycles. The number of benzene rings is 1. The van der Waals surface area contributed by atoms with E-state index in [2.05, 4.69) is 48.0 Å². The Morgan fingerprint density at radius 3 is 2.76 bits per heavy atom. The lowest BCUT2D eigenvalue weighted by atomic mass is 10.0. The van der Waals surface area contributed by atoms with Crippen LogP contribution < -0.4 is 11.1 Å². The Labute approximate surface area is 106 Å². The van der Waals surface area contributed by atoms with Crippen molar-refractivity contribution in [3.8, 4) is 0 Å². The van der Waals surface area contributed by atoms with Crippen LogP contribution in [0.5, 0.6) is 0 Å². The molecular weight excluding hydrogens is 228 g/mol. The fraction of sp³-hybridized carbons (Fsp3) is 0.286. The van der Waals surface area contributed by atoms with Crippen molar-refractivity contribution in [3.63, 3.8) is 0 Å². The summed E-state index contributed by atoms with van der Waals surface area (Å²) in [4.78, 5) is 1.38. The Morgan fingerprint density at radius 2 is 2.18 bits per heavy atom. The summed E-state index contributed by atoms with van der Waals surface area (Å²) < 4.78 is 0. The summed E-state index contributed by atoms with van der Waals surface area (Å²) in [5.74, 6) is 0. The first kappa shape index (κ1) is 12.3. The third kappa shape index (κ3) is 2.57. The van der Waals surface area contributed by atoms with Gasteiger partial charge in [0.1, 0.15) is 0 Å². The number of nitrogens with two attached hydrogens (primary N) is 1. The SMILES string of the molecule is CNC(c1cccc(CN)c1)c1sccc1C. The first-order valence-electron chi connectivity index (χ1n) is 5.76. The van der Waals surface area contributed by atoms with E-state index in [1.807, 2.05) is 7.05 Å². The third-order valence-corrected chi connectivity index (χ3v) is 4.06. The molecule has 0 saturated carbocycles. The van der Waals surface area contributed by atoms with Crippen LogP contribution in [0.4, 0.5) is 0 Å². The van der Waals surface area contributed by atoms with Crippen LogP contribution in [-0.2, 0) is 6.54 Å². The Morgan fingerprint density at radius 1 is 1.35 bits per heavy atom. The highest BCUT2D eigenvalue weighted by Crippen LogP contribution is 2.29. The molecule has 0 aliphatic carbocycles. The lowest BCUT2D eigenvalue weighted by Gasteiger charge is -2.17. The molecule has 2 aromatic rings. The monoisotopic (exact) mass is 246 g/mol. The highest BCUT2D eigenvalue weighted by Gasteiger charge is 2.15. The molecule has 2 nitrogen and oxygen atoms in total. The quantitative estimate of drug-likeness (QED) is 0.870. The van der Waals surface area contributed by atoms with Crippen LogP contribution in [0.2, 0.25) is 0 Å². The third-order valence-electron chi connectivity index (χ3n) is 2.97. The molecule has 0 aliphatic rings. The minimum Gasteiger partial charge on any atom is -0.326 e. The van der Waals surface area contributed by atoms with Crippen LogP contribution >= 0.6 is 11.3 Å². The Bertz CT molecular complexity index is 490. The van der Waals surface area contributed by atoms with Crippen LogP contribution in [0.15, 0.2) is 35.7 Å². The topological polar surface area (TPSA) is 38.0 Å². The number of rotatable bonds is 4.